The van der Waals surface area contributed by atoms with Gasteiger partial charge >= 0.3 is 0 Å². The number of rotatable bonds is 5. The third kappa shape index (κ3) is 4.06. The van der Waals surface area contributed by atoms with Crippen molar-refractivity contribution >= 4 is 17.7 Å². The fourth-order valence-corrected chi connectivity index (χ4v) is 4.45. The Hall–Kier alpha value is -1.95. The number of carbonyl (C=O) groups is 1. The van der Waals surface area contributed by atoms with Gasteiger partial charge in [0, 0.05) is 18.2 Å². The minimum Gasteiger partial charge on any atom is -0.339 e. The third-order valence-corrected chi connectivity index (χ3v) is 6.45. The van der Waals surface area contributed by atoms with Crippen LogP contribution in [0.3, 0.4) is 0 Å². The first-order valence-corrected chi connectivity index (χ1v) is 10.2. The molecule has 2 atom stereocenters. The molecule has 2 aromatic rings. The Kier molecular flexibility index (Phi) is 5.91. The van der Waals surface area contributed by atoms with Gasteiger partial charge in [0.05, 0.1) is 17.1 Å². The van der Waals surface area contributed by atoms with Crippen LogP contribution in [0.5, 0.6) is 0 Å². The van der Waals surface area contributed by atoms with Crippen molar-refractivity contribution in [1.29, 1.82) is 0 Å². The number of hydrogen-bond acceptors (Lipinski definition) is 4. The summed E-state index contributed by atoms with van der Waals surface area (Å²) < 4.78 is 1.54. The van der Waals surface area contributed by atoms with E-state index in [-0.39, 0.29) is 17.1 Å². The quantitative estimate of drug-likeness (QED) is 0.641. The van der Waals surface area contributed by atoms with Gasteiger partial charge in [0.2, 0.25) is 5.91 Å². The van der Waals surface area contributed by atoms with Crippen molar-refractivity contribution in [2.24, 2.45) is 5.92 Å². The molecule has 5 nitrogen and oxygen atoms in total. The predicted molar refractivity (Wildman–Crippen MR) is 107 cm³/mol. The van der Waals surface area contributed by atoms with Crippen LogP contribution in [0.1, 0.15) is 40.0 Å². The van der Waals surface area contributed by atoms with Gasteiger partial charge < -0.3 is 10.7 Å². The summed E-state index contributed by atoms with van der Waals surface area (Å²) in [4.78, 5) is 19.9. The molecule has 1 amide bonds. The summed E-state index contributed by atoms with van der Waals surface area (Å²) in [5.74, 6) is 6.56. The number of nitrogen functional groups attached to an aromatic ring is 1. The van der Waals surface area contributed by atoms with Gasteiger partial charge in [-0.25, -0.2) is 9.66 Å². The zero-order chi connectivity index (χ0) is 18.7. The van der Waals surface area contributed by atoms with Crippen molar-refractivity contribution in [2.45, 2.75) is 56.5 Å². The average Bonchev–Trinajstić information content (AvgIpc) is 3.00. The lowest BCUT2D eigenvalue weighted by Crippen LogP contribution is -2.47. The molecule has 140 valence electrons. The number of likely N-dealkylation sites (tertiary alicyclic amines) is 1. The molecule has 1 aromatic heterocycles. The molecular weight excluding hydrogens is 344 g/mol. The Morgan fingerprint density at radius 2 is 2.00 bits per heavy atom. The molecule has 1 fully saturated rings. The smallest absolute Gasteiger partial charge is 0.236 e. The van der Waals surface area contributed by atoms with Crippen LogP contribution in [0.15, 0.2) is 41.7 Å². The molecule has 0 unspecified atom stereocenters. The number of carbonyl (C=O) groups excluding carboxylic acids is 1. The number of thioether (sulfide) groups is 1. The van der Waals surface area contributed by atoms with Crippen LogP contribution < -0.4 is 5.84 Å². The molecule has 0 aliphatic carbocycles. The predicted octanol–water partition coefficient (Wildman–Crippen LogP) is 3.78. The SMILES string of the molecule is CC(C)[C@H](Sc1nc(-c2ccccc2)cn1N)C(=O)N1CCCC[C@H]1C. The van der Waals surface area contributed by atoms with E-state index in [1.165, 1.54) is 22.9 Å². The first kappa shape index (κ1) is 18.8. The minimum absolute atomic E-state index is 0.177. The van der Waals surface area contributed by atoms with E-state index in [0.29, 0.717) is 11.2 Å². The Morgan fingerprint density at radius 3 is 2.65 bits per heavy atom. The second kappa shape index (κ2) is 8.16. The first-order chi connectivity index (χ1) is 12.5. The van der Waals surface area contributed by atoms with Crippen LogP contribution >= 0.6 is 11.8 Å². The van der Waals surface area contributed by atoms with Crippen molar-refractivity contribution in [2.75, 3.05) is 12.4 Å². The molecule has 1 saturated heterocycles. The molecule has 3 rings (SSSR count). The summed E-state index contributed by atoms with van der Waals surface area (Å²) in [6.45, 7) is 7.19. The number of nitrogens with zero attached hydrogens (tertiary/aromatic N) is 3. The molecule has 26 heavy (non-hydrogen) atoms. The Bertz CT molecular complexity index is 744. The van der Waals surface area contributed by atoms with E-state index in [1.807, 2.05) is 41.4 Å². The minimum atomic E-state index is -0.177. The molecule has 0 spiro atoms. The maximum Gasteiger partial charge on any atom is 0.236 e. The lowest BCUT2D eigenvalue weighted by atomic mass is 10.0. The molecule has 0 radical (unpaired) electrons. The Balaban J connectivity index is 1.80. The van der Waals surface area contributed by atoms with Gasteiger partial charge in [0.1, 0.15) is 0 Å². The number of hydrogen-bond donors (Lipinski definition) is 1. The molecule has 6 heteroatoms. The van der Waals surface area contributed by atoms with Crippen LogP contribution in [0.4, 0.5) is 0 Å². The molecule has 2 heterocycles. The highest BCUT2D eigenvalue weighted by atomic mass is 32.2. The van der Waals surface area contributed by atoms with Gasteiger partial charge in [-0.1, -0.05) is 55.9 Å². The van der Waals surface area contributed by atoms with Crippen LogP contribution in [0.25, 0.3) is 11.3 Å². The van der Waals surface area contributed by atoms with E-state index >= 15 is 0 Å². The van der Waals surface area contributed by atoms with E-state index in [9.17, 15) is 4.79 Å². The first-order valence-electron chi connectivity index (χ1n) is 9.34. The summed E-state index contributed by atoms with van der Waals surface area (Å²) in [5.41, 5.74) is 1.85. The highest BCUT2D eigenvalue weighted by molar-refractivity contribution is 8.00. The summed E-state index contributed by atoms with van der Waals surface area (Å²) in [6, 6.07) is 10.3. The van der Waals surface area contributed by atoms with Crippen molar-refractivity contribution in [3.05, 3.63) is 36.5 Å². The van der Waals surface area contributed by atoms with Crippen molar-refractivity contribution < 1.29 is 4.79 Å². The maximum absolute atomic E-state index is 13.2. The van der Waals surface area contributed by atoms with Crippen LogP contribution in [-0.4, -0.2) is 38.3 Å². The Morgan fingerprint density at radius 1 is 1.27 bits per heavy atom. The molecule has 1 aliphatic rings. The average molecular weight is 373 g/mol. The number of benzene rings is 1. The van der Waals surface area contributed by atoms with Gasteiger partial charge in [-0.05, 0) is 32.1 Å². The largest absolute Gasteiger partial charge is 0.339 e. The number of piperidine rings is 1. The van der Waals surface area contributed by atoms with Crippen LogP contribution in [-0.2, 0) is 4.79 Å². The topological polar surface area (TPSA) is 64.2 Å². The second-order valence-corrected chi connectivity index (χ2v) is 8.45. The number of imidazole rings is 1. The summed E-state index contributed by atoms with van der Waals surface area (Å²) >= 11 is 1.48. The number of nitrogens with two attached hydrogens (primary N) is 1. The zero-order valence-electron chi connectivity index (χ0n) is 15.8. The van der Waals surface area contributed by atoms with Crippen LogP contribution in [0, 0.1) is 5.92 Å². The van der Waals surface area contributed by atoms with Crippen molar-refractivity contribution in [1.82, 2.24) is 14.6 Å². The molecule has 2 N–H and O–H groups in total. The summed E-state index contributed by atoms with van der Waals surface area (Å²) in [5, 5.41) is 0.504. The molecule has 1 aliphatic heterocycles. The Labute approximate surface area is 159 Å². The number of amides is 1. The van der Waals surface area contributed by atoms with E-state index < -0.39 is 0 Å². The molecular formula is C20H28N4OS. The second-order valence-electron chi connectivity index (χ2n) is 7.34. The van der Waals surface area contributed by atoms with Gasteiger partial charge in [0.15, 0.2) is 5.16 Å². The molecule has 1 aromatic carbocycles. The van der Waals surface area contributed by atoms with E-state index in [4.69, 9.17) is 5.84 Å². The normalized spacial score (nSPS) is 18.9. The van der Waals surface area contributed by atoms with Crippen molar-refractivity contribution in [3.8, 4) is 11.3 Å². The fourth-order valence-electron chi connectivity index (χ4n) is 3.39. The molecule has 0 bridgehead atoms. The summed E-state index contributed by atoms with van der Waals surface area (Å²) in [7, 11) is 0. The van der Waals surface area contributed by atoms with Crippen molar-refractivity contribution in [3.63, 3.8) is 0 Å². The maximum atomic E-state index is 13.2. The zero-order valence-corrected chi connectivity index (χ0v) is 16.6. The molecule has 0 saturated carbocycles. The highest BCUT2D eigenvalue weighted by Crippen LogP contribution is 2.32. The van der Waals surface area contributed by atoms with E-state index in [2.05, 4.69) is 25.8 Å². The van der Waals surface area contributed by atoms with Gasteiger partial charge in [-0.15, -0.1) is 0 Å². The monoisotopic (exact) mass is 372 g/mol. The van der Waals surface area contributed by atoms with Gasteiger partial charge in [0.25, 0.3) is 0 Å². The van der Waals surface area contributed by atoms with E-state index in [0.717, 1.165) is 30.6 Å². The number of aromatic nitrogens is 2. The summed E-state index contributed by atoms with van der Waals surface area (Å²) in [6.07, 6.45) is 5.21. The lowest BCUT2D eigenvalue weighted by molar-refractivity contribution is -0.134. The van der Waals surface area contributed by atoms with Crippen LogP contribution in [0.2, 0.25) is 0 Å². The van der Waals surface area contributed by atoms with E-state index in [1.54, 1.807) is 0 Å². The van der Waals surface area contributed by atoms with Gasteiger partial charge in [-0.2, -0.15) is 0 Å². The standard InChI is InChI=1S/C20H28N4OS/c1-14(2)18(19(25)23-12-8-7-9-15(23)3)26-20-22-17(13-24(20)21)16-10-5-4-6-11-16/h4-6,10-11,13-15,18H,7-9,12,21H2,1-3H3/t15-,18+/m1/s1. The highest BCUT2D eigenvalue weighted by Gasteiger charge is 2.33. The third-order valence-electron chi connectivity index (χ3n) is 4.94. The fraction of sp³-hybridized carbons (Fsp3) is 0.500. The lowest BCUT2D eigenvalue weighted by Gasteiger charge is -2.36. The van der Waals surface area contributed by atoms with Gasteiger partial charge in [-0.3, -0.25) is 4.79 Å².